The second kappa shape index (κ2) is 11.0. The fourth-order valence-electron chi connectivity index (χ4n) is 3.87. The minimum atomic E-state index is -3.88. The van der Waals surface area contributed by atoms with Gasteiger partial charge >= 0.3 is 0 Å². The number of rotatable bonds is 9. The molecule has 0 radical (unpaired) electrons. The topological polar surface area (TPSA) is 84.5 Å². The van der Waals surface area contributed by atoms with Gasteiger partial charge < -0.3 is 10.1 Å². The van der Waals surface area contributed by atoms with Crippen LogP contribution in [-0.4, -0.2) is 21.4 Å². The predicted molar refractivity (Wildman–Crippen MR) is 141 cm³/mol. The second-order valence-electron chi connectivity index (χ2n) is 9.31. The smallest absolute Gasteiger partial charge is 0.262 e. The van der Waals surface area contributed by atoms with Gasteiger partial charge in [0.15, 0.2) is 0 Å². The number of hydrogen-bond donors (Lipinski definition) is 2. The van der Waals surface area contributed by atoms with Gasteiger partial charge in [0.1, 0.15) is 5.75 Å². The normalized spacial score (nSPS) is 12.3. The second-order valence-corrected chi connectivity index (χ2v) is 11.0. The third kappa shape index (κ3) is 6.63. The van der Waals surface area contributed by atoms with E-state index in [4.69, 9.17) is 4.74 Å². The van der Waals surface area contributed by atoms with Crippen molar-refractivity contribution in [3.63, 3.8) is 0 Å². The number of amides is 1. The molecule has 2 N–H and O–H groups in total. The van der Waals surface area contributed by atoms with Crippen LogP contribution in [0.25, 0.3) is 0 Å². The number of carbonyl (C=O) groups is 1. The van der Waals surface area contributed by atoms with Gasteiger partial charge in [-0.05, 0) is 91.8 Å². The molecule has 35 heavy (non-hydrogen) atoms. The van der Waals surface area contributed by atoms with E-state index in [-0.39, 0.29) is 16.8 Å². The van der Waals surface area contributed by atoms with Crippen LogP contribution in [0.5, 0.6) is 5.75 Å². The first-order chi connectivity index (χ1) is 16.5. The number of hydrogen-bond acceptors (Lipinski definition) is 4. The number of aryl methyl sites for hydroxylation is 3. The minimum Gasteiger partial charge on any atom is -0.497 e. The molecule has 0 saturated carbocycles. The lowest BCUT2D eigenvalue weighted by Crippen LogP contribution is -2.29. The van der Waals surface area contributed by atoms with E-state index in [9.17, 15) is 13.2 Å². The summed E-state index contributed by atoms with van der Waals surface area (Å²) >= 11 is 0. The molecule has 0 aliphatic rings. The highest BCUT2D eigenvalue weighted by Crippen LogP contribution is 2.26. The molecule has 0 aliphatic carbocycles. The van der Waals surface area contributed by atoms with Crippen molar-refractivity contribution in [3.8, 4) is 5.75 Å². The van der Waals surface area contributed by atoms with Gasteiger partial charge in [-0.15, -0.1) is 0 Å². The fraction of sp³-hybridized carbons (Fsp3) is 0.321. The summed E-state index contributed by atoms with van der Waals surface area (Å²) < 4.78 is 34.3. The molecule has 3 aromatic carbocycles. The fourth-order valence-corrected chi connectivity index (χ4v) is 5.19. The molecule has 0 heterocycles. The maximum absolute atomic E-state index is 13.2. The van der Waals surface area contributed by atoms with E-state index in [0.717, 1.165) is 28.9 Å². The average molecular weight is 495 g/mol. The van der Waals surface area contributed by atoms with Crippen molar-refractivity contribution in [3.05, 3.63) is 88.5 Å². The number of anilines is 1. The van der Waals surface area contributed by atoms with Crippen LogP contribution in [0.15, 0.2) is 65.6 Å². The largest absolute Gasteiger partial charge is 0.497 e. The lowest BCUT2D eigenvalue weighted by Gasteiger charge is -2.22. The van der Waals surface area contributed by atoms with Gasteiger partial charge in [-0.2, -0.15) is 0 Å². The molecule has 0 aromatic heterocycles. The highest BCUT2D eigenvalue weighted by molar-refractivity contribution is 7.92. The highest BCUT2D eigenvalue weighted by atomic mass is 32.2. The summed E-state index contributed by atoms with van der Waals surface area (Å²) in [5.41, 5.74) is 4.37. The first kappa shape index (κ1) is 26.3. The van der Waals surface area contributed by atoms with E-state index in [2.05, 4.69) is 23.9 Å². The molecule has 3 aromatic rings. The summed E-state index contributed by atoms with van der Waals surface area (Å²) in [6, 6.07) is 17.5. The third-order valence-corrected chi connectivity index (χ3v) is 7.55. The summed E-state index contributed by atoms with van der Waals surface area (Å²) in [6.45, 7) is 9.81. The Kier molecular flexibility index (Phi) is 8.22. The van der Waals surface area contributed by atoms with E-state index in [1.54, 1.807) is 38.3 Å². The van der Waals surface area contributed by atoms with Crippen molar-refractivity contribution >= 4 is 21.6 Å². The van der Waals surface area contributed by atoms with Gasteiger partial charge in [0.2, 0.25) is 0 Å². The van der Waals surface area contributed by atoms with Crippen LogP contribution >= 0.6 is 0 Å². The Hall–Kier alpha value is -3.32. The zero-order chi connectivity index (χ0) is 25.8. The number of benzene rings is 3. The predicted octanol–water partition coefficient (Wildman–Crippen LogP) is 5.94. The molecule has 186 valence electrons. The van der Waals surface area contributed by atoms with Crippen molar-refractivity contribution in [2.75, 3.05) is 11.8 Å². The Morgan fingerprint density at radius 1 is 0.886 bits per heavy atom. The Labute approximate surface area is 208 Å². The average Bonchev–Trinajstić information content (AvgIpc) is 2.80. The van der Waals surface area contributed by atoms with Crippen molar-refractivity contribution in [2.45, 2.75) is 52.0 Å². The molecule has 0 aliphatic heterocycles. The molecule has 0 bridgehead atoms. The van der Waals surface area contributed by atoms with Crippen LogP contribution in [0.4, 0.5) is 5.69 Å². The number of ether oxygens (including phenoxy) is 1. The summed E-state index contributed by atoms with van der Waals surface area (Å²) in [5.74, 6) is 0.764. The Morgan fingerprint density at radius 3 is 2.14 bits per heavy atom. The molecule has 0 fully saturated rings. The maximum Gasteiger partial charge on any atom is 0.262 e. The van der Waals surface area contributed by atoms with Crippen molar-refractivity contribution < 1.29 is 17.9 Å². The van der Waals surface area contributed by atoms with Crippen molar-refractivity contribution in [2.24, 2.45) is 5.92 Å². The molecule has 1 amide bonds. The van der Waals surface area contributed by atoms with Crippen molar-refractivity contribution in [1.29, 1.82) is 0 Å². The molecule has 0 unspecified atom stereocenters. The number of sulfonamides is 1. The quantitative estimate of drug-likeness (QED) is 0.386. The van der Waals surface area contributed by atoms with E-state index in [0.29, 0.717) is 22.7 Å². The number of carbonyl (C=O) groups excluding carboxylic acids is 1. The van der Waals surface area contributed by atoms with Gasteiger partial charge in [-0.25, -0.2) is 8.42 Å². The van der Waals surface area contributed by atoms with E-state index < -0.39 is 10.0 Å². The SMILES string of the molecule is COc1ccc([C@@H](CC(C)C)NC(=O)c2ccc(C)c(S(=O)(=O)Nc3ccc(C)c(C)c3)c2)cc1. The summed E-state index contributed by atoms with van der Waals surface area (Å²) in [4.78, 5) is 13.3. The zero-order valence-corrected chi connectivity index (χ0v) is 22.0. The van der Waals surface area contributed by atoms with E-state index in [1.165, 1.54) is 6.07 Å². The maximum atomic E-state index is 13.2. The molecular formula is C28H34N2O4S. The summed E-state index contributed by atoms with van der Waals surface area (Å²) in [5, 5.41) is 3.08. The molecule has 7 heteroatoms. The lowest BCUT2D eigenvalue weighted by molar-refractivity contribution is 0.0931. The van der Waals surface area contributed by atoms with Gasteiger partial charge in [-0.1, -0.05) is 38.1 Å². The first-order valence-corrected chi connectivity index (χ1v) is 13.1. The van der Waals surface area contributed by atoms with Crippen LogP contribution in [0.1, 0.15) is 58.9 Å². The molecule has 1 atom stereocenters. The van der Waals surface area contributed by atoms with Crippen molar-refractivity contribution in [1.82, 2.24) is 5.32 Å². The monoisotopic (exact) mass is 494 g/mol. The van der Waals surface area contributed by atoms with Gasteiger partial charge in [0.05, 0.1) is 18.0 Å². The molecule has 3 rings (SSSR count). The van der Waals surface area contributed by atoms with Gasteiger partial charge in [0.25, 0.3) is 15.9 Å². The van der Waals surface area contributed by atoms with Crippen LogP contribution in [-0.2, 0) is 10.0 Å². The summed E-state index contributed by atoms with van der Waals surface area (Å²) in [6.07, 6.45) is 0.740. The van der Waals surface area contributed by atoms with Crippen LogP contribution in [0.3, 0.4) is 0 Å². The molecular weight excluding hydrogens is 460 g/mol. The van der Waals surface area contributed by atoms with E-state index >= 15 is 0 Å². The summed E-state index contributed by atoms with van der Waals surface area (Å²) in [7, 11) is -2.27. The zero-order valence-electron chi connectivity index (χ0n) is 21.2. The van der Waals surface area contributed by atoms with E-state index in [1.807, 2.05) is 44.2 Å². The Morgan fingerprint density at radius 2 is 1.54 bits per heavy atom. The number of nitrogens with one attached hydrogen (secondary N) is 2. The lowest BCUT2D eigenvalue weighted by atomic mass is 9.96. The van der Waals surface area contributed by atoms with Gasteiger partial charge in [0, 0.05) is 11.3 Å². The number of methoxy groups -OCH3 is 1. The molecule has 0 spiro atoms. The van der Waals surface area contributed by atoms with Gasteiger partial charge in [-0.3, -0.25) is 9.52 Å². The van der Waals surface area contributed by atoms with Crippen LogP contribution < -0.4 is 14.8 Å². The van der Waals surface area contributed by atoms with Crippen LogP contribution in [0.2, 0.25) is 0 Å². The van der Waals surface area contributed by atoms with Crippen LogP contribution in [0, 0.1) is 26.7 Å². The Bertz CT molecular complexity index is 1300. The Balaban J connectivity index is 1.87. The first-order valence-electron chi connectivity index (χ1n) is 11.7. The molecule has 0 saturated heterocycles. The minimum absolute atomic E-state index is 0.0771. The molecule has 6 nitrogen and oxygen atoms in total. The standard InChI is InChI=1S/C28H34N2O4S/c1-18(2)15-26(22-10-13-25(34-6)14-11-22)29-28(31)23-9-7-20(4)27(17-23)35(32,33)30-24-12-8-19(3)21(5)16-24/h7-14,16-18,26,30H,15H2,1-6H3,(H,29,31)/t26-/m1/s1. The third-order valence-electron chi connectivity index (χ3n) is 6.03. The highest BCUT2D eigenvalue weighted by Gasteiger charge is 2.22.